The number of nitrogens with one attached hydrogen (secondary N) is 2. The van der Waals surface area contributed by atoms with Crippen LogP contribution >= 0.6 is 0 Å². The Hall–Kier alpha value is -1.36. The fraction of sp³-hybridized carbons (Fsp3) is 0.636. The number of rotatable bonds is 3. The fourth-order valence-electron chi connectivity index (χ4n) is 2.13. The molecule has 88 valence electrons. The number of hydrogen-bond donors (Lipinski definition) is 2. The van der Waals surface area contributed by atoms with E-state index >= 15 is 0 Å². The number of nitrogens with zero attached hydrogens (tertiary/aromatic N) is 2. The lowest BCUT2D eigenvalue weighted by atomic mass is 10.2. The zero-order valence-electron chi connectivity index (χ0n) is 9.79. The van der Waals surface area contributed by atoms with Crippen molar-refractivity contribution in [1.29, 1.82) is 0 Å². The number of H-pyrrole nitrogens is 1. The maximum absolute atomic E-state index is 11.2. The normalized spacial score (nSPS) is 21.2. The number of likely N-dealkylation sites (tertiary alicyclic amines) is 1. The second kappa shape index (κ2) is 4.65. The van der Waals surface area contributed by atoms with Gasteiger partial charge in [-0.25, -0.2) is 4.98 Å². The Labute approximate surface area is 94.9 Å². The minimum Gasteiger partial charge on any atom is -0.368 e. The molecular weight excluding hydrogens is 204 g/mol. The van der Waals surface area contributed by atoms with Crippen LogP contribution in [0.1, 0.15) is 18.7 Å². The van der Waals surface area contributed by atoms with Gasteiger partial charge in [0.2, 0.25) is 0 Å². The van der Waals surface area contributed by atoms with Crippen molar-refractivity contribution in [2.24, 2.45) is 0 Å². The molecule has 1 fully saturated rings. The lowest BCUT2D eigenvalue weighted by Crippen LogP contribution is -2.32. The number of aromatic amines is 1. The predicted octanol–water partition coefficient (Wildman–Crippen LogP) is 0.584. The summed E-state index contributed by atoms with van der Waals surface area (Å²) in [6, 6.07) is 2.06. The lowest BCUT2D eigenvalue weighted by Gasteiger charge is -2.19. The van der Waals surface area contributed by atoms with Gasteiger partial charge in [0.25, 0.3) is 5.56 Å². The molecule has 0 spiro atoms. The molecule has 1 aromatic heterocycles. The quantitative estimate of drug-likeness (QED) is 0.785. The highest BCUT2D eigenvalue weighted by Crippen LogP contribution is 2.14. The summed E-state index contributed by atoms with van der Waals surface area (Å²) in [6.45, 7) is 3.80. The molecule has 2 rings (SSSR count). The Morgan fingerprint density at radius 2 is 2.50 bits per heavy atom. The third-order valence-electron chi connectivity index (χ3n) is 3.05. The van der Waals surface area contributed by atoms with Gasteiger partial charge in [0.1, 0.15) is 11.6 Å². The van der Waals surface area contributed by atoms with Crippen LogP contribution in [0.25, 0.3) is 0 Å². The summed E-state index contributed by atoms with van der Waals surface area (Å²) in [4.78, 5) is 20.4. The summed E-state index contributed by atoms with van der Waals surface area (Å²) < 4.78 is 0. The van der Waals surface area contributed by atoms with Crippen LogP contribution in [-0.4, -0.2) is 41.0 Å². The fourth-order valence-corrected chi connectivity index (χ4v) is 2.13. The van der Waals surface area contributed by atoms with Crippen molar-refractivity contribution >= 4 is 5.82 Å². The molecule has 1 unspecified atom stereocenters. The van der Waals surface area contributed by atoms with E-state index in [2.05, 4.69) is 27.2 Å². The molecule has 1 aromatic rings. The van der Waals surface area contributed by atoms with E-state index in [9.17, 15) is 4.79 Å². The van der Waals surface area contributed by atoms with Gasteiger partial charge in [-0.2, -0.15) is 0 Å². The van der Waals surface area contributed by atoms with Crippen LogP contribution in [-0.2, 0) is 0 Å². The number of likely N-dealkylation sites (N-methyl/N-ethyl adjacent to an activating group) is 1. The van der Waals surface area contributed by atoms with Crippen LogP contribution in [0.2, 0.25) is 0 Å². The smallest absolute Gasteiger partial charge is 0.252 e. The first kappa shape index (κ1) is 11.1. The molecule has 1 aliphatic heterocycles. The predicted molar refractivity (Wildman–Crippen MR) is 63.7 cm³/mol. The van der Waals surface area contributed by atoms with Crippen LogP contribution < -0.4 is 10.9 Å². The summed E-state index contributed by atoms with van der Waals surface area (Å²) in [5.41, 5.74) is -0.102. The minimum atomic E-state index is -0.102. The van der Waals surface area contributed by atoms with Gasteiger partial charge in [0.15, 0.2) is 0 Å². The summed E-state index contributed by atoms with van der Waals surface area (Å²) in [5, 5.41) is 3.23. The van der Waals surface area contributed by atoms with Crippen LogP contribution in [0.5, 0.6) is 0 Å². The van der Waals surface area contributed by atoms with Crippen molar-refractivity contribution in [1.82, 2.24) is 14.9 Å². The zero-order valence-corrected chi connectivity index (χ0v) is 9.79. The number of hydrogen-bond acceptors (Lipinski definition) is 4. The van der Waals surface area contributed by atoms with Crippen molar-refractivity contribution in [2.75, 3.05) is 25.5 Å². The van der Waals surface area contributed by atoms with Crippen LogP contribution in [0.15, 0.2) is 10.9 Å². The van der Waals surface area contributed by atoms with Crippen molar-refractivity contribution < 1.29 is 0 Å². The van der Waals surface area contributed by atoms with Gasteiger partial charge in [-0.1, -0.05) is 0 Å². The Bertz CT molecular complexity index is 415. The molecule has 0 aromatic carbocycles. The highest BCUT2D eigenvalue weighted by Gasteiger charge is 2.20. The number of aryl methyl sites for hydroxylation is 1. The first-order chi connectivity index (χ1) is 7.65. The average molecular weight is 222 g/mol. The summed E-state index contributed by atoms with van der Waals surface area (Å²) in [7, 11) is 2.13. The summed E-state index contributed by atoms with van der Waals surface area (Å²) in [6.07, 6.45) is 2.47. The monoisotopic (exact) mass is 222 g/mol. The van der Waals surface area contributed by atoms with Gasteiger partial charge in [-0.15, -0.1) is 0 Å². The standard InChI is InChI=1S/C11H18N4O/c1-8-13-10(6-11(16)14-8)12-7-9-4-3-5-15(9)2/h6,9H,3-5,7H2,1-2H3,(H2,12,13,14,16). The Kier molecular flexibility index (Phi) is 3.24. The summed E-state index contributed by atoms with van der Waals surface area (Å²) >= 11 is 0. The molecular formula is C11H18N4O. The molecule has 1 aliphatic rings. The number of anilines is 1. The topological polar surface area (TPSA) is 61.0 Å². The van der Waals surface area contributed by atoms with E-state index in [1.54, 1.807) is 6.92 Å². The molecule has 2 heterocycles. The molecule has 0 bridgehead atoms. The van der Waals surface area contributed by atoms with E-state index in [0.717, 1.165) is 13.1 Å². The van der Waals surface area contributed by atoms with E-state index in [-0.39, 0.29) is 5.56 Å². The molecule has 5 heteroatoms. The van der Waals surface area contributed by atoms with Gasteiger partial charge >= 0.3 is 0 Å². The second-order valence-corrected chi connectivity index (χ2v) is 4.37. The van der Waals surface area contributed by atoms with E-state index in [0.29, 0.717) is 17.7 Å². The third-order valence-corrected chi connectivity index (χ3v) is 3.05. The maximum atomic E-state index is 11.2. The highest BCUT2D eigenvalue weighted by molar-refractivity contribution is 5.33. The Morgan fingerprint density at radius 1 is 1.69 bits per heavy atom. The number of aromatic nitrogens is 2. The molecule has 0 aliphatic carbocycles. The molecule has 2 N–H and O–H groups in total. The van der Waals surface area contributed by atoms with Crippen LogP contribution in [0.3, 0.4) is 0 Å². The van der Waals surface area contributed by atoms with Gasteiger partial charge < -0.3 is 15.2 Å². The largest absolute Gasteiger partial charge is 0.368 e. The molecule has 0 amide bonds. The van der Waals surface area contributed by atoms with Gasteiger partial charge in [-0.05, 0) is 33.4 Å². The first-order valence-electron chi connectivity index (χ1n) is 5.67. The van der Waals surface area contributed by atoms with E-state index < -0.39 is 0 Å². The van der Waals surface area contributed by atoms with Gasteiger partial charge in [-0.3, -0.25) is 4.79 Å². The van der Waals surface area contributed by atoms with Gasteiger partial charge in [0, 0.05) is 18.7 Å². The molecule has 0 saturated carbocycles. The van der Waals surface area contributed by atoms with Crippen molar-refractivity contribution in [3.8, 4) is 0 Å². The Balaban J connectivity index is 1.96. The van der Waals surface area contributed by atoms with Gasteiger partial charge in [0.05, 0.1) is 0 Å². The highest BCUT2D eigenvalue weighted by atomic mass is 16.1. The third kappa shape index (κ3) is 2.61. The molecule has 1 atom stereocenters. The molecule has 16 heavy (non-hydrogen) atoms. The lowest BCUT2D eigenvalue weighted by molar-refractivity contribution is 0.322. The van der Waals surface area contributed by atoms with Crippen molar-refractivity contribution in [2.45, 2.75) is 25.8 Å². The van der Waals surface area contributed by atoms with Crippen molar-refractivity contribution in [3.05, 3.63) is 22.2 Å². The van der Waals surface area contributed by atoms with Crippen molar-refractivity contribution in [3.63, 3.8) is 0 Å². The zero-order chi connectivity index (χ0) is 11.5. The van der Waals surface area contributed by atoms with E-state index in [4.69, 9.17) is 0 Å². The Morgan fingerprint density at radius 3 is 3.12 bits per heavy atom. The van der Waals surface area contributed by atoms with E-state index in [1.165, 1.54) is 18.9 Å². The molecule has 0 radical (unpaired) electrons. The van der Waals surface area contributed by atoms with Crippen LogP contribution in [0.4, 0.5) is 5.82 Å². The van der Waals surface area contributed by atoms with E-state index in [1.807, 2.05) is 0 Å². The van der Waals surface area contributed by atoms with Crippen LogP contribution in [0, 0.1) is 6.92 Å². The SMILES string of the molecule is Cc1nc(NCC2CCCN2C)cc(=O)[nH]1. The minimum absolute atomic E-state index is 0.102. The second-order valence-electron chi connectivity index (χ2n) is 4.37. The molecule has 5 nitrogen and oxygen atoms in total. The average Bonchev–Trinajstić information content (AvgIpc) is 2.59. The summed E-state index contributed by atoms with van der Waals surface area (Å²) in [5.74, 6) is 1.32. The first-order valence-corrected chi connectivity index (χ1v) is 5.67. The maximum Gasteiger partial charge on any atom is 0.252 e. The molecule has 1 saturated heterocycles.